The first kappa shape index (κ1) is 20.3. The predicted octanol–water partition coefficient (Wildman–Crippen LogP) is 3.13. The molecule has 126 valence electrons. The van der Waals surface area contributed by atoms with E-state index in [9.17, 15) is 9.59 Å². The highest BCUT2D eigenvalue weighted by molar-refractivity contribution is 5.76. The van der Waals surface area contributed by atoms with Gasteiger partial charge in [-0.05, 0) is 26.7 Å². The van der Waals surface area contributed by atoms with E-state index in [-0.39, 0.29) is 11.8 Å². The summed E-state index contributed by atoms with van der Waals surface area (Å²) < 4.78 is 0. The molecular weight excluding hydrogens is 280 g/mol. The van der Waals surface area contributed by atoms with Crippen LogP contribution in [-0.4, -0.2) is 24.2 Å². The fourth-order valence-electron chi connectivity index (χ4n) is 2.02. The van der Waals surface area contributed by atoms with Crippen LogP contribution in [0.15, 0.2) is 10.2 Å². The molecule has 0 spiro atoms. The largest absolute Gasteiger partial charge is 0.273 e. The number of carbonyl (C=O) groups excluding carboxylic acids is 2. The van der Waals surface area contributed by atoms with Gasteiger partial charge in [0.2, 0.25) is 11.8 Å². The van der Waals surface area contributed by atoms with Gasteiger partial charge in [-0.15, -0.1) is 0 Å². The number of hydrogen-bond donors (Lipinski definition) is 2. The second-order valence-corrected chi connectivity index (χ2v) is 5.17. The molecular formula is C16H30N4O2. The summed E-state index contributed by atoms with van der Waals surface area (Å²) in [6, 6.07) is 0. The molecule has 22 heavy (non-hydrogen) atoms. The molecule has 2 amide bonds. The molecule has 6 heteroatoms. The van der Waals surface area contributed by atoms with Gasteiger partial charge in [0.15, 0.2) is 0 Å². The van der Waals surface area contributed by atoms with E-state index in [4.69, 9.17) is 0 Å². The van der Waals surface area contributed by atoms with Gasteiger partial charge in [-0.1, -0.05) is 38.5 Å². The van der Waals surface area contributed by atoms with Crippen LogP contribution >= 0.6 is 0 Å². The topological polar surface area (TPSA) is 82.9 Å². The quantitative estimate of drug-likeness (QED) is 0.311. The van der Waals surface area contributed by atoms with Crippen molar-refractivity contribution in [3.63, 3.8) is 0 Å². The molecule has 0 saturated carbocycles. The normalized spacial score (nSPS) is 11.2. The van der Waals surface area contributed by atoms with Crippen LogP contribution in [-0.2, 0) is 9.59 Å². The van der Waals surface area contributed by atoms with Crippen molar-refractivity contribution in [2.45, 2.75) is 78.1 Å². The van der Waals surface area contributed by atoms with Crippen LogP contribution in [0.4, 0.5) is 0 Å². The van der Waals surface area contributed by atoms with E-state index in [0.717, 1.165) is 38.5 Å². The fourth-order valence-corrected chi connectivity index (χ4v) is 2.02. The van der Waals surface area contributed by atoms with E-state index in [1.165, 1.54) is 12.8 Å². The van der Waals surface area contributed by atoms with Gasteiger partial charge in [0.1, 0.15) is 0 Å². The first-order valence-electron chi connectivity index (χ1n) is 8.23. The lowest BCUT2D eigenvalue weighted by Gasteiger charge is -2.02. The van der Waals surface area contributed by atoms with Crippen molar-refractivity contribution in [3.05, 3.63) is 0 Å². The lowest BCUT2D eigenvalue weighted by Crippen LogP contribution is -2.16. The first-order valence-corrected chi connectivity index (χ1v) is 8.23. The van der Waals surface area contributed by atoms with Crippen molar-refractivity contribution in [1.29, 1.82) is 0 Å². The molecule has 0 fully saturated rings. The molecule has 0 atom stereocenters. The molecule has 6 nitrogen and oxygen atoms in total. The first-order chi connectivity index (χ1) is 10.7. The molecule has 0 saturated heterocycles. The van der Waals surface area contributed by atoms with Crippen molar-refractivity contribution in [1.82, 2.24) is 10.9 Å². The monoisotopic (exact) mass is 310 g/mol. The molecule has 0 radical (unpaired) electrons. The number of hydrazone groups is 2. The summed E-state index contributed by atoms with van der Waals surface area (Å²) in [7, 11) is 0. The minimum atomic E-state index is -0.0104. The summed E-state index contributed by atoms with van der Waals surface area (Å²) in [6.45, 7) is 3.54. The van der Waals surface area contributed by atoms with Crippen LogP contribution in [0, 0.1) is 0 Å². The average molecular weight is 310 g/mol. The van der Waals surface area contributed by atoms with Gasteiger partial charge in [0.25, 0.3) is 0 Å². The van der Waals surface area contributed by atoms with Crippen molar-refractivity contribution in [3.8, 4) is 0 Å². The van der Waals surface area contributed by atoms with Crippen LogP contribution in [0.25, 0.3) is 0 Å². The molecule has 0 aromatic carbocycles. The number of rotatable bonds is 13. The van der Waals surface area contributed by atoms with Crippen molar-refractivity contribution < 1.29 is 9.59 Å². The zero-order chi connectivity index (χ0) is 16.5. The molecule has 0 unspecified atom stereocenters. The maximum Gasteiger partial charge on any atom is 0.240 e. The summed E-state index contributed by atoms with van der Waals surface area (Å²) in [5.74, 6) is -0.0208. The standard InChI is InChI=1S/C16H30N4O2/c1-3-17-19-15(21)13-11-9-7-5-6-8-10-12-14-16(22)20-18-4-2/h3-4H,5-14H2,1-2H3,(H,19,21)(H,20,22). The van der Waals surface area contributed by atoms with E-state index in [0.29, 0.717) is 12.8 Å². The smallest absolute Gasteiger partial charge is 0.240 e. The fraction of sp³-hybridized carbons (Fsp3) is 0.750. The SMILES string of the molecule is CC=NNC(=O)CCCCCCCCCCC(=O)NN=CC. The maximum atomic E-state index is 11.3. The van der Waals surface area contributed by atoms with Crippen LogP contribution < -0.4 is 10.9 Å². The van der Waals surface area contributed by atoms with E-state index in [1.807, 2.05) is 0 Å². The molecule has 2 N–H and O–H groups in total. The molecule has 0 rings (SSSR count). The molecule has 0 aliphatic carbocycles. The Morgan fingerprint density at radius 1 is 0.682 bits per heavy atom. The Hall–Kier alpha value is -1.72. The third-order valence-electron chi connectivity index (χ3n) is 3.19. The van der Waals surface area contributed by atoms with Crippen LogP contribution in [0.1, 0.15) is 78.1 Å². The number of nitrogens with one attached hydrogen (secondary N) is 2. The third kappa shape index (κ3) is 14.7. The van der Waals surface area contributed by atoms with Gasteiger partial charge >= 0.3 is 0 Å². The Kier molecular flexibility index (Phi) is 14.4. The summed E-state index contributed by atoms with van der Waals surface area (Å²) in [4.78, 5) is 22.5. The van der Waals surface area contributed by atoms with E-state index in [1.54, 1.807) is 26.3 Å². The average Bonchev–Trinajstić information content (AvgIpc) is 2.52. The lowest BCUT2D eigenvalue weighted by atomic mass is 10.1. The molecule has 0 aromatic heterocycles. The van der Waals surface area contributed by atoms with Gasteiger partial charge in [-0.25, -0.2) is 10.9 Å². The minimum Gasteiger partial charge on any atom is -0.273 e. The number of amides is 2. The lowest BCUT2D eigenvalue weighted by molar-refractivity contribution is -0.122. The zero-order valence-corrected chi connectivity index (χ0v) is 13.9. The molecule has 0 heterocycles. The summed E-state index contributed by atoms with van der Waals surface area (Å²) in [5.41, 5.74) is 4.94. The summed E-state index contributed by atoms with van der Waals surface area (Å²) in [5, 5.41) is 7.39. The highest BCUT2D eigenvalue weighted by atomic mass is 16.2. The van der Waals surface area contributed by atoms with Crippen molar-refractivity contribution in [2.75, 3.05) is 0 Å². The number of nitrogens with zero attached hydrogens (tertiary/aromatic N) is 2. The Labute approximate surface area is 133 Å². The van der Waals surface area contributed by atoms with Crippen molar-refractivity contribution >= 4 is 24.2 Å². The highest BCUT2D eigenvalue weighted by Gasteiger charge is 2.00. The van der Waals surface area contributed by atoms with Crippen molar-refractivity contribution in [2.24, 2.45) is 10.2 Å². The molecule has 0 aromatic rings. The van der Waals surface area contributed by atoms with Crippen LogP contribution in [0.3, 0.4) is 0 Å². The third-order valence-corrected chi connectivity index (χ3v) is 3.19. The molecule has 0 aliphatic heterocycles. The second kappa shape index (κ2) is 15.7. The van der Waals surface area contributed by atoms with Gasteiger partial charge < -0.3 is 0 Å². The van der Waals surface area contributed by atoms with Gasteiger partial charge in [0, 0.05) is 25.3 Å². The highest BCUT2D eigenvalue weighted by Crippen LogP contribution is 2.10. The Bertz CT molecular complexity index is 320. The number of unbranched alkanes of at least 4 members (excludes halogenated alkanes) is 7. The second-order valence-electron chi connectivity index (χ2n) is 5.17. The Morgan fingerprint density at radius 3 is 1.32 bits per heavy atom. The maximum absolute atomic E-state index is 11.3. The van der Waals surface area contributed by atoms with Crippen LogP contribution in [0.2, 0.25) is 0 Å². The zero-order valence-electron chi connectivity index (χ0n) is 13.9. The minimum absolute atomic E-state index is 0.0104. The summed E-state index contributed by atoms with van der Waals surface area (Å²) >= 11 is 0. The van der Waals surface area contributed by atoms with Gasteiger partial charge in [0.05, 0.1) is 0 Å². The van der Waals surface area contributed by atoms with E-state index >= 15 is 0 Å². The Morgan fingerprint density at radius 2 is 1.00 bits per heavy atom. The van der Waals surface area contributed by atoms with Gasteiger partial charge in [-0.2, -0.15) is 10.2 Å². The predicted molar refractivity (Wildman–Crippen MR) is 90.8 cm³/mol. The number of hydrogen-bond acceptors (Lipinski definition) is 4. The summed E-state index contributed by atoms with van der Waals surface area (Å²) in [6.07, 6.45) is 13.0. The molecule has 0 aliphatic rings. The molecule has 0 bridgehead atoms. The number of carbonyl (C=O) groups is 2. The van der Waals surface area contributed by atoms with E-state index in [2.05, 4.69) is 21.1 Å². The van der Waals surface area contributed by atoms with Gasteiger partial charge in [-0.3, -0.25) is 9.59 Å². The Balaban J connectivity index is 3.23. The van der Waals surface area contributed by atoms with E-state index < -0.39 is 0 Å². The van der Waals surface area contributed by atoms with Crippen LogP contribution in [0.5, 0.6) is 0 Å².